The molecule has 1 atom stereocenters. The van der Waals surface area contributed by atoms with Gasteiger partial charge in [-0.25, -0.2) is 0 Å². The second kappa shape index (κ2) is 10.7. The molecule has 1 heterocycles. The second-order valence-electron chi connectivity index (χ2n) is 7.06. The Morgan fingerprint density at radius 2 is 1.74 bits per heavy atom. The molecule has 164 valence electrons. The predicted octanol–water partition coefficient (Wildman–Crippen LogP) is 1.83. The Hall–Kier alpha value is -3.26. The first-order valence-corrected chi connectivity index (χ1v) is 10.3. The van der Waals surface area contributed by atoms with E-state index in [1.807, 2.05) is 18.2 Å². The summed E-state index contributed by atoms with van der Waals surface area (Å²) in [5.74, 6) is 0.0177. The number of fused-ring (bicyclic) bond motifs is 1. The van der Waals surface area contributed by atoms with Gasteiger partial charge in [-0.1, -0.05) is 17.7 Å². The minimum atomic E-state index is -0.893. The molecule has 2 aromatic rings. The molecule has 3 rings (SSSR count). The van der Waals surface area contributed by atoms with Crippen LogP contribution < -0.4 is 25.8 Å². The molecule has 4 N–H and O–H groups in total. The lowest BCUT2D eigenvalue weighted by Crippen LogP contribution is -2.47. The van der Waals surface area contributed by atoms with E-state index in [-0.39, 0.29) is 18.7 Å². The quantitative estimate of drug-likeness (QED) is 0.544. The third kappa shape index (κ3) is 6.62. The van der Waals surface area contributed by atoms with Gasteiger partial charge in [0.25, 0.3) is 5.91 Å². The van der Waals surface area contributed by atoms with Crippen LogP contribution in [0.1, 0.15) is 28.8 Å². The highest BCUT2D eigenvalue weighted by molar-refractivity contribution is 6.30. The first kappa shape index (κ1) is 22.4. The van der Waals surface area contributed by atoms with Crippen LogP contribution in [0, 0.1) is 0 Å². The van der Waals surface area contributed by atoms with E-state index < -0.39 is 17.9 Å². The Balaban J connectivity index is 1.56. The predicted molar refractivity (Wildman–Crippen MR) is 115 cm³/mol. The molecule has 0 saturated heterocycles. The molecule has 0 bridgehead atoms. The highest BCUT2D eigenvalue weighted by Gasteiger charge is 2.22. The van der Waals surface area contributed by atoms with Gasteiger partial charge in [0.2, 0.25) is 11.8 Å². The van der Waals surface area contributed by atoms with Crippen molar-refractivity contribution in [2.45, 2.75) is 25.3 Å². The summed E-state index contributed by atoms with van der Waals surface area (Å²) in [6.45, 7) is 1.38. The fourth-order valence-corrected chi connectivity index (χ4v) is 3.22. The topological polar surface area (TPSA) is 120 Å². The summed E-state index contributed by atoms with van der Waals surface area (Å²) in [6.07, 6.45) is 0.641. The van der Waals surface area contributed by atoms with Gasteiger partial charge >= 0.3 is 0 Å². The lowest BCUT2D eigenvalue weighted by atomic mass is 10.1. The Morgan fingerprint density at radius 3 is 2.45 bits per heavy atom. The molecule has 0 aliphatic carbocycles. The standard InChI is InChI=1S/C22H24ClN3O5/c23-16-4-2-15(3-5-16)21(28)26-17(6-8-20(24)27)22(29)25-10-9-14-1-7-18-19(13-14)31-12-11-30-18/h1-5,7,13,17H,6,8-12H2,(H2,24,27)(H,25,29)(H,26,28). The van der Waals surface area contributed by atoms with Crippen molar-refractivity contribution in [3.8, 4) is 11.5 Å². The number of hydrogen-bond acceptors (Lipinski definition) is 5. The van der Waals surface area contributed by atoms with E-state index in [9.17, 15) is 14.4 Å². The van der Waals surface area contributed by atoms with Crippen LogP contribution in [0.4, 0.5) is 0 Å². The molecule has 0 fully saturated rings. The van der Waals surface area contributed by atoms with E-state index in [0.717, 1.165) is 5.56 Å². The van der Waals surface area contributed by atoms with Gasteiger partial charge in [-0.05, 0) is 54.8 Å². The van der Waals surface area contributed by atoms with Crippen molar-refractivity contribution in [3.63, 3.8) is 0 Å². The average molecular weight is 446 g/mol. The molecule has 2 aromatic carbocycles. The maximum Gasteiger partial charge on any atom is 0.251 e. The van der Waals surface area contributed by atoms with Crippen molar-refractivity contribution >= 4 is 29.3 Å². The number of nitrogens with one attached hydrogen (secondary N) is 2. The van der Waals surface area contributed by atoms with E-state index in [2.05, 4.69) is 10.6 Å². The van der Waals surface area contributed by atoms with Gasteiger partial charge in [-0.15, -0.1) is 0 Å². The van der Waals surface area contributed by atoms with Gasteiger partial charge in [-0.2, -0.15) is 0 Å². The van der Waals surface area contributed by atoms with Crippen LogP contribution >= 0.6 is 11.6 Å². The summed E-state index contributed by atoms with van der Waals surface area (Å²) in [7, 11) is 0. The molecular weight excluding hydrogens is 422 g/mol. The van der Waals surface area contributed by atoms with Crippen molar-refractivity contribution in [1.82, 2.24) is 10.6 Å². The van der Waals surface area contributed by atoms with Crippen LogP contribution in [0.2, 0.25) is 5.02 Å². The summed E-state index contributed by atoms with van der Waals surface area (Å²) in [4.78, 5) is 36.3. The lowest BCUT2D eigenvalue weighted by Gasteiger charge is -2.19. The number of ether oxygens (including phenoxy) is 2. The van der Waals surface area contributed by atoms with Crippen LogP contribution in [0.5, 0.6) is 11.5 Å². The number of benzene rings is 2. The minimum Gasteiger partial charge on any atom is -0.486 e. The zero-order valence-electron chi connectivity index (χ0n) is 16.9. The van der Waals surface area contributed by atoms with Crippen molar-refractivity contribution in [1.29, 1.82) is 0 Å². The maximum absolute atomic E-state index is 12.7. The number of hydrogen-bond donors (Lipinski definition) is 3. The Labute approximate surface area is 185 Å². The van der Waals surface area contributed by atoms with Crippen molar-refractivity contribution < 1.29 is 23.9 Å². The molecule has 1 aliphatic rings. The molecule has 0 aromatic heterocycles. The molecule has 0 spiro atoms. The van der Waals surface area contributed by atoms with Gasteiger partial charge in [0.05, 0.1) is 0 Å². The van der Waals surface area contributed by atoms with E-state index in [4.69, 9.17) is 26.8 Å². The Bertz CT molecular complexity index is 949. The minimum absolute atomic E-state index is 0.0266. The summed E-state index contributed by atoms with van der Waals surface area (Å²) < 4.78 is 11.1. The SMILES string of the molecule is NC(=O)CCC(NC(=O)c1ccc(Cl)cc1)C(=O)NCCc1ccc2c(c1)OCCO2. The average Bonchev–Trinajstić information content (AvgIpc) is 2.76. The normalized spacial score (nSPS) is 13.2. The summed E-state index contributed by atoms with van der Waals surface area (Å²) in [5.41, 5.74) is 6.55. The van der Waals surface area contributed by atoms with E-state index in [1.165, 1.54) is 0 Å². The second-order valence-corrected chi connectivity index (χ2v) is 7.49. The number of carbonyl (C=O) groups is 3. The fraction of sp³-hybridized carbons (Fsp3) is 0.318. The van der Waals surface area contributed by atoms with Gasteiger partial charge in [0.15, 0.2) is 11.5 Å². The maximum atomic E-state index is 12.7. The third-order valence-corrected chi connectivity index (χ3v) is 4.98. The Kier molecular flexibility index (Phi) is 7.72. The molecule has 0 radical (unpaired) electrons. The third-order valence-electron chi connectivity index (χ3n) is 4.73. The van der Waals surface area contributed by atoms with E-state index in [0.29, 0.717) is 48.3 Å². The first-order chi connectivity index (χ1) is 14.9. The molecule has 1 unspecified atom stereocenters. The largest absolute Gasteiger partial charge is 0.486 e. The number of carbonyl (C=O) groups excluding carboxylic acids is 3. The molecule has 1 aliphatic heterocycles. The monoisotopic (exact) mass is 445 g/mol. The van der Waals surface area contributed by atoms with E-state index >= 15 is 0 Å². The summed E-state index contributed by atoms with van der Waals surface area (Å²) in [6, 6.07) is 11.0. The van der Waals surface area contributed by atoms with Crippen LogP contribution in [-0.4, -0.2) is 43.5 Å². The number of primary amides is 1. The van der Waals surface area contributed by atoms with Gasteiger partial charge < -0.3 is 25.8 Å². The fourth-order valence-electron chi connectivity index (χ4n) is 3.09. The number of halogens is 1. The van der Waals surface area contributed by atoms with Crippen LogP contribution in [0.15, 0.2) is 42.5 Å². The smallest absolute Gasteiger partial charge is 0.251 e. The van der Waals surface area contributed by atoms with Crippen LogP contribution in [0.25, 0.3) is 0 Å². The zero-order valence-corrected chi connectivity index (χ0v) is 17.6. The first-order valence-electron chi connectivity index (χ1n) is 9.93. The van der Waals surface area contributed by atoms with Crippen molar-refractivity contribution in [2.24, 2.45) is 5.73 Å². The van der Waals surface area contributed by atoms with Crippen molar-refractivity contribution in [3.05, 3.63) is 58.6 Å². The molecule has 8 nitrogen and oxygen atoms in total. The molecule has 3 amide bonds. The number of rotatable bonds is 9. The number of nitrogens with two attached hydrogens (primary N) is 1. The molecule has 31 heavy (non-hydrogen) atoms. The molecule has 9 heteroatoms. The van der Waals surface area contributed by atoms with Crippen LogP contribution in [0.3, 0.4) is 0 Å². The molecular formula is C22H24ClN3O5. The summed E-state index contributed by atoms with van der Waals surface area (Å²) in [5, 5.41) is 5.96. The Morgan fingerprint density at radius 1 is 1.03 bits per heavy atom. The summed E-state index contributed by atoms with van der Waals surface area (Å²) >= 11 is 5.84. The number of amides is 3. The van der Waals surface area contributed by atoms with E-state index in [1.54, 1.807) is 24.3 Å². The van der Waals surface area contributed by atoms with Crippen molar-refractivity contribution in [2.75, 3.05) is 19.8 Å². The van der Waals surface area contributed by atoms with Gasteiger partial charge in [-0.3, -0.25) is 14.4 Å². The highest BCUT2D eigenvalue weighted by Crippen LogP contribution is 2.30. The lowest BCUT2D eigenvalue weighted by molar-refractivity contribution is -0.123. The van der Waals surface area contributed by atoms with Crippen LogP contribution in [-0.2, 0) is 16.0 Å². The van der Waals surface area contributed by atoms with Gasteiger partial charge in [0.1, 0.15) is 19.3 Å². The zero-order chi connectivity index (χ0) is 22.2. The molecule has 0 saturated carbocycles. The highest BCUT2D eigenvalue weighted by atomic mass is 35.5. The van der Waals surface area contributed by atoms with Gasteiger partial charge in [0, 0.05) is 23.6 Å².